The van der Waals surface area contributed by atoms with E-state index in [1.54, 1.807) is 0 Å². The van der Waals surface area contributed by atoms with Gasteiger partial charge in [0.25, 0.3) is 0 Å². The molecule has 18 heavy (non-hydrogen) atoms. The molecule has 1 atom stereocenters. The SMILES string of the molecule is Cc1ccc(C(C)CCc2cccc(C)n2)nc1. The average Bonchev–Trinajstić information content (AvgIpc) is 2.37. The van der Waals surface area contributed by atoms with Crippen LogP contribution in [0.5, 0.6) is 0 Å². The smallest absolute Gasteiger partial charge is 0.0432 e. The zero-order chi connectivity index (χ0) is 13.0. The van der Waals surface area contributed by atoms with Crippen LogP contribution >= 0.6 is 0 Å². The van der Waals surface area contributed by atoms with E-state index in [4.69, 9.17) is 0 Å². The largest absolute Gasteiger partial charge is 0.261 e. The van der Waals surface area contributed by atoms with E-state index >= 15 is 0 Å². The monoisotopic (exact) mass is 240 g/mol. The summed E-state index contributed by atoms with van der Waals surface area (Å²) in [5.41, 5.74) is 4.65. The van der Waals surface area contributed by atoms with Crippen molar-refractivity contribution >= 4 is 0 Å². The fourth-order valence-corrected chi connectivity index (χ4v) is 2.02. The highest BCUT2D eigenvalue weighted by Gasteiger charge is 2.07. The molecule has 2 heteroatoms. The van der Waals surface area contributed by atoms with Crippen LogP contribution in [0.25, 0.3) is 0 Å². The van der Waals surface area contributed by atoms with Crippen LogP contribution in [0.15, 0.2) is 36.5 Å². The van der Waals surface area contributed by atoms with Gasteiger partial charge in [0.05, 0.1) is 0 Å². The summed E-state index contributed by atoms with van der Waals surface area (Å²) in [7, 11) is 0. The van der Waals surface area contributed by atoms with Gasteiger partial charge in [-0.15, -0.1) is 0 Å². The second kappa shape index (κ2) is 5.76. The van der Waals surface area contributed by atoms with Gasteiger partial charge in [-0.25, -0.2) is 0 Å². The first-order chi connectivity index (χ1) is 8.65. The number of nitrogens with zero attached hydrogens (tertiary/aromatic N) is 2. The van der Waals surface area contributed by atoms with E-state index in [9.17, 15) is 0 Å². The van der Waals surface area contributed by atoms with Crippen LogP contribution < -0.4 is 0 Å². The average molecular weight is 240 g/mol. The van der Waals surface area contributed by atoms with Gasteiger partial charge in [0.1, 0.15) is 0 Å². The van der Waals surface area contributed by atoms with Crippen molar-refractivity contribution in [2.24, 2.45) is 0 Å². The number of pyridine rings is 2. The van der Waals surface area contributed by atoms with Gasteiger partial charge < -0.3 is 0 Å². The summed E-state index contributed by atoms with van der Waals surface area (Å²) in [6.07, 6.45) is 4.04. The maximum atomic E-state index is 4.53. The van der Waals surface area contributed by atoms with Gasteiger partial charge in [0.2, 0.25) is 0 Å². The van der Waals surface area contributed by atoms with E-state index in [1.807, 2.05) is 19.2 Å². The first-order valence-corrected chi connectivity index (χ1v) is 6.50. The van der Waals surface area contributed by atoms with Crippen LogP contribution in [0.4, 0.5) is 0 Å². The highest BCUT2D eigenvalue weighted by Crippen LogP contribution is 2.19. The number of aromatic nitrogens is 2. The first-order valence-electron chi connectivity index (χ1n) is 6.50. The molecule has 0 bridgehead atoms. The highest BCUT2D eigenvalue weighted by molar-refractivity contribution is 5.16. The standard InChI is InChI=1S/C16H20N2/c1-12-7-10-16(17-11-12)13(2)8-9-15-6-4-5-14(3)18-15/h4-7,10-11,13H,8-9H2,1-3H3. The van der Waals surface area contributed by atoms with Crippen LogP contribution in [0.3, 0.4) is 0 Å². The van der Waals surface area contributed by atoms with Crippen LogP contribution in [0.1, 0.15) is 41.9 Å². The molecule has 94 valence electrons. The van der Waals surface area contributed by atoms with Crippen LogP contribution in [-0.4, -0.2) is 9.97 Å². The Bertz CT molecular complexity index is 503. The summed E-state index contributed by atoms with van der Waals surface area (Å²) >= 11 is 0. The Morgan fingerprint density at radius 1 is 1.11 bits per heavy atom. The van der Waals surface area contributed by atoms with Crippen molar-refractivity contribution in [3.05, 3.63) is 59.2 Å². The Balaban J connectivity index is 1.96. The number of rotatable bonds is 4. The molecule has 0 radical (unpaired) electrons. The topological polar surface area (TPSA) is 25.8 Å². The van der Waals surface area contributed by atoms with Crippen molar-refractivity contribution < 1.29 is 0 Å². The normalized spacial score (nSPS) is 12.4. The van der Waals surface area contributed by atoms with Gasteiger partial charge in [-0.05, 0) is 56.4 Å². The van der Waals surface area contributed by atoms with Crippen molar-refractivity contribution in [3.63, 3.8) is 0 Å². The maximum absolute atomic E-state index is 4.53. The summed E-state index contributed by atoms with van der Waals surface area (Å²) in [4.78, 5) is 9.02. The van der Waals surface area contributed by atoms with E-state index in [0.717, 1.165) is 18.5 Å². The maximum Gasteiger partial charge on any atom is 0.0432 e. The fourth-order valence-electron chi connectivity index (χ4n) is 2.02. The summed E-state index contributed by atoms with van der Waals surface area (Å²) in [6, 6.07) is 10.5. The molecule has 0 saturated heterocycles. The zero-order valence-corrected chi connectivity index (χ0v) is 11.4. The van der Waals surface area contributed by atoms with E-state index in [1.165, 1.54) is 17.0 Å². The number of hydrogen-bond acceptors (Lipinski definition) is 2. The third-order valence-corrected chi connectivity index (χ3v) is 3.22. The molecular weight excluding hydrogens is 220 g/mol. The highest BCUT2D eigenvalue weighted by atomic mass is 14.7. The van der Waals surface area contributed by atoms with E-state index in [-0.39, 0.29) is 0 Å². The zero-order valence-electron chi connectivity index (χ0n) is 11.4. The van der Waals surface area contributed by atoms with Crippen molar-refractivity contribution in [2.75, 3.05) is 0 Å². The second-order valence-corrected chi connectivity index (χ2v) is 4.97. The fraction of sp³-hybridized carbons (Fsp3) is 0.375. The minimum atomic E-state index is 0.480. The Kier molecular flexibility index (Phi) is 4.08. The molecule has 2 aromatic heterocycles. The molecule has 0 aromatic carbocycles. The van der Waals surface area contributed by atoms with Gasteiger partial charge in [0.15, 0.2) is 0 Å². The lowest BCUT2D eigenvalue weighted by atomic mass is 9.99. The molecule has 0 aliphatic rings. The summed E-state index contributed by atoms with van der Waals surface area (Å²) < 4.78 is 0. The molecule has 0 aliphatic heterocycles. The lowest BCUT2D eigenvalue weighted by molar-refractivity contribution is 0.652. The van der Waals surface area contributed by atoms with Crippen LogP contribution in [0, 0.1) is 13.8 Å². The van der Waals surface area contributed by atoms with Crippen molar-refractivity contribution in [3.8, 4) is 0 Å². The molecular formula is C16H20N2. The quantitative estimate of drug-likeness (QED) is 0.811. The molecule has 0 spiro atoms. The predicted octanol–water partition coefficient (Wildman–Crippen LogP) is 3.83. The van der Waals surface area contributed by atoms with Crippen molar-refractivity contribution in [2.45, 2.75) is 39.5 Å². The summed E-state index contributed by atoms with van der Waals surface area (Å²) in [6.45, 7) is 6.33. The lowest BCUT2D eigenvalue weighted by Crippen LogP contribution is -2.00. The van der Waals surface area contributed by atoms with Gasteiger partial charge >= 0.3 is 0 Å². The van der Waals surface area contributed by atoms with Crippen molar-refractivity contribution in [1.29, 1.82) is 0 Å². The van der Waals surface area contributed by atoms with E-state index in [2.05, 4.69) is 48.1 Å². The molecule has 1 unspecified atom stereocenters. The molecule has 2 rings (SSSR count). The molecule has 0 fully saturated rings. The Morgan fingerprint density at radius 3 is 2.61 bits per heavy atom. The van der Waals surface area contributed by atoms with Crippen LogP contribution in [0.2, 0.25) is 0 Å². The van der Waals surface area contributed by atoms with Crippen LogP contribution in [-0.2, 0) is 6.42 Å². The molecule has 0 aliphatic carbocycles. The third kappa shape index (κ3) is 3.39. The Labute approximate surface area is 109 Å². The summed E-state index contributed by atoms with van der Waals surface area (Å²) in [5.74, 6) is 0.480. The Hall–Kier alpha value is -1.70. The molecule has 0 amide bonds. The van der Waals surface area contributed by atoms with E-state index in [0.29, 0.717) is 5.92 Å². The molecule has 2 heterocycles. The van der Waals surface area contributed by atoms with Gasteiger partial charge in [0, 0.05) is 23.3 Å². The molecule has 2 aromatic rings. The lowest BCUT2D eigenvalue weighted by Gasteiger charge is -2.10. The molecule has 2 nitrogen and oxygen atoms in total. The minimum Gasteiger partial charge on any atom is -0.261 e. The van der Waals surface area contributed by atoms with E-state index < -0.39 is 0 Å². The predicted molar refractivity (Wildman–Crippen MR) is 74.7 cm³/mol. The first kappa shape index (κ1) is 12.7. The minimum absolute atomic E-state index is 0.480. The third-order valence-electron chi connectivity index (χ3n) is 3.22. The number of hydrogen-bond donors (Lipinski definition) is 0. The van der Waals surface area contributed by atoms with Crippen molar-refractivity contribution in [1.82, 2.24) is 9.97 Å². The molecule has 0 N–H and O–H groups in total. The van der Waals surface area contributed by atoms with Gasteiger partial charge in [-0.3, -0.25) is 9.97 Å². The van der Waals surface area contributed by atoms with Gasteiger partial charge in [-0.2, -0.15) is 0 Å². The second-order valence-electron chi connectivity index (χ2n) is 4.97. The summed E-state index contributed by atoms with van der Waals surface area (Å²) in [5, 5.41) is 0. The number of aryl methyl sites for hydroxylation is 3. The Morgan fingerprint density at radius 2 is 1.94 bits per heavy atom. The van der Waals surface area contributed by atoms with Gasteiger partial charge in [-0.1, -0.05) is 19.1 Å². The molecule has 0 saturated carbocycles.